The van der Waals surface area contributed by atoms with Gasteiger partial charge in [-0.2, -0.15) is 0 Å². The fourth-order valence-corrected chi connectivity index (χ4v) is 1.18. The van der Waals surface area contributed by atoms with E-state index in [9.17, 15) is 0 Å². The van der Waals surface area contributed by atoms with Gasteiger partial charge in [-0.15, -0.1) is 0 Å². The maximum atomic E-state index is 4.23. The Kier molecular flexibility index (Phi) is 2.44. The first-order valence-corrected chi connectivity index (χ1v) is 4.52. The summed E-state index contributed by atoms with van der Waals surface area (Å²) < 4.78 is 1.87. The maximum absolute atomic E-state index is 4.23. The van der Waals surface area contributed by atoms with E-state index in [1.165, 1.54) is 6.33 Å². The van der Waals surface area contributed by atoms with Gasteiger partial charge in [-0.25, -0.2) is 9.97 Å². The molecule has 0 saturated heterocycles. The van der Waals surface area contributed by atoms with E-state index in [0.29, 0.717) is 0 Å². The Hall–Kier alpha value is -1.84. The Morgan fingerprint density at radius 3 is 2.86 bits per heavy atom. The first kappa shape index (κ1) is 8.74. The molecule has 0 saturated carbocycles. The third-order valence-corrected chi connectivity index (χ3v) is 1.97. The summed E-state index contributed by atoms with van der Waals surface area (Å²) in [7, 11) is 0. The molecule has 0 aliphatic carbocycles. The molecule has 0 fully saturated rings. The van der Waals surface area contributed by atoms with Gasteiger partial charge in [-0.3, -0.25) is 0 Å². The quantitative estimate of drug-likeness (QED) is 0.654. The predicted octanol–water partition coefficient (Wildman–Crippen LogP) is 0.846. The van der Waals surface area contributed by atoms with Gasteiger partial charge in [0.1, 0.15) is 12.5 Å². The molecule has 2 heterocycles. The van der Waals surface area contributed by atoms with Crippen molar-refractivity contribution >= 4 is 0 Å². The molecule has 0 aromatic carbocycles. The van der Waals surface area contributed by atoms with Crippen molar-refractivity contribution in [3.05, 3.63) is 37.1 Å². The highest BCUT2D eigenvalue weighted by molar-refractivity contribution is 5.55. The average Bonchev–Trinajstić information content (AvgIpc) is 2.30. The molecule has 2 rings (SSSR count). The predicted molar refractivity (Wildman–Crippen MR) is 51.1 cm³/mol. The van der Waals surface area contributed by atoms with Crippen LogP contribution in [0.2, 0.25) is 0 Å². The number of hydrogen-bond donors (Lipinski definition) is 0. The van der Waals surface area contributed by atoms with E-state index < -0.39 is 0 Å². The van der Waals surface area contributed by atoms with Crippen molar-refractivity contribution in [3.8, 4) is 11.3 Å². The molecule has 70 valence electrons. The van der Waals surface area contributed by atoms with E-state index in [4.69, 9.17) is 0 Å². The van der Waals surface area contributed by atoms with E-state index in [0.717, 1.165) is 17.8 Å². The van der Waals surface area contributed by atoms with Crippen LogP contribution in [-0.2, 0) is 6.54 Å². The minimum atomic E-state index is 0.879. The van der Waals surface area contributed by atoms with Crippen molar-refractivity contribution in [1.29, 1.82) is 0 Å². The molecule has 0 amide bonds. The van der Waals surface area contributed by atoms with Gasteiger partial charge in [0, 0.05) is 17.8 Å². The van der Waals surface area contributed by atoms with E-state index in [2.05, 4.69) is 22.0 Å². The van der Waals surface area contributed by atoms with Crippen molar-refractivity contribution < 1.29 is 4.68 Å². The minimum absolute atomic E-state index is 0.879. The normalized spacial score (nSPS) is 10.1. The van der Waals surface area contributed by atoms with Crippen molar-refractivity contribution in [1.82, 2.24) is 15.1 Å². The van der Waals surface area contributed by atoms with Gasteiger partial charge in [0.05, 0.1) is 5.69 Å². The number of aryl methyl sites for hydroxylation is 1. The largest absolute Gasteiger partial charge is 0.245 e. The summed E-state index contributed by atoms with van der Waals surface area (Å²) in [6.45, 7) is 2.93. The molecule has 4 nitrogen and oxygen atoms in total. The third kappa shape index (κ3) is 1.74. The summed E-state index contributed by atoms with van der Waals surface area (Å²) in [5.41, 5.74) is 1.91. The summed E-state index contributed by atoms with van der Waals surface area (Å²) in [5.74, 6) is 0. The van der Waals surface area contributed by atoms with Crippen LogP contribution in [0.25, 0.3) is 11.3 Å². The second kappa shape index (κ2) is 3.91. The molecule has 0 spiro atoms. The van der Waals surface area contributed by atoms with E-state index in [1.807, 2.05) is 29.2 Å². The molecule has 0 N–H and O–H groups in total. The molecule has 0 atom stereocenters. The van der Waals surface area contributed by atoms with Crippen molar-refractivity contribution in [2.24, 2.45) is 0 Å². The number of hydrogen-bond acceptors (Lipinski definition) is 3. The molecule has 0 radical (unpaired) electrons. The zero-order valence-electron chi connectivity index (χ0n) is 7.96. The lowest BCUT2D eigenvalue weighted by Crippen LogP contribution is -2.35. The molecule has 0 bridgehead atoms. The summed E-state index contributed by atoms with van der Waals surface area (Å²) in [6, 6.07) is 3.87. The van der Waals surface area contributed by atoms with Crippen LogP contribution in [0, 0.1) is 0 Å². The van der Waals surface area contributed by atoms with Crippen molar-refractivity contribution in [3.63, 3.8) is 0 Å². The SMILES string of the molecule is CC[n+]1ccc(-c2ccncn2)cn1. The maximum Gasteiger partial charge on any atom is 0.196 e. The molecular formula is C10H11N4+. The molecule has 14 heavy (non-hydrogen) atoms. The lowest BCUT2D eigenvalue weighted by Gasteiger charge is -1.96. The highest BCUT2D eigenvalue weighted by Crippen LogP contribution is 2.11. The van der Waals surface area contributed by atoms with Gasteiger partial charge in [-0.05, 0) is 18.1 Å². The minimum Gasteiger partial charge on any atom is -0.245 e. The first-order valence-electron chi connectivity index (χ1n) is 4.52. The Morgan fingerprint density at radius 1 is 1.36 bits per heavy atom. The van der Waals surface area contributed by atoms with Crippen LogP contribution in [0.1, 0.15) is 6.92 Å². The average molecular weight is 187 g/mol. The van der Waals surface area contributed by atoms with Crippen molar-refractivity contribution in [2.45, 2.75) is 13.5 Å². The third-order valence-electron chi connectivity index (χ3n) is 1.97. The fourth-order valence-electron chi connectivity index (χ4n) is 1.18. The van der Waals surface area contributed by atoms with Crippen molar-refractivity contribution in [2.75, 3.05) is 0 Å². The Balaban J connectivity index is 2.34. The van der Waals surface area contributed by atoms with Crippen LogP contribution in [0.5, 0.6) is 0 Å². The first-order chi connectivity index (χ1) is 6.90. The van der Waals surface area contributed by atoms with Gasteiger partial charge in [-0.1, -0.05) is 4.68 Å². The molecular weight excluding hydrogens is 176 g/mol. The number of nitrogens with zero attached hydrogens (tertiary/aromatic N) is 4. The number of rotatable bonds is 2. The van der Waals surface area contributed by atoms with Gasteiger partial charge in [0.25, 0.3) is 0 Å². The standard InChI is InChI=1S/C10H11N4/c1-2-14-6-4-9(7-13-14)10-3-5-11-8-12-10/h3-8H,2H2,1H3/q+1. The van der Waals surface area contributed by atoms with Crippen LogP contribution in [0.3, 0.4) is 0 Å². The number of aromatic nitrogens is 4. The van der Waals surface area contributed by atoms with Crippen LogP contribution >= 0.6 is 0 Å². The molecule has 0 aliphatic heterocycles. The van der Waals surface area contributed by atoms with Crippen LogP contribution in [0.15, 0.2) is 37.1 Å². The summed E-state index contributed by atoms with van der Waals surface area (Å²) in [5, 5.41) is 4.23. The topological polar surface area (TPSA) is 42.5 Å². The summed E-state index contributed by atoms with van der Waals surface area (Å²) in [6.07, 6.45) is 7.02. The summed E-state index contributed by atoms with van der Waals surface area (Å²) >= 11 is 0. The Bertz CT molecular complexity index is 396. The lowest BCUT2D eigenvalue weighted by atomic mass is 10.2. The van der Waals surface area contributed by atoms with E-state index in [1.54, 1.807) is 6.20 Å². The molecule has 2 aromatic rings. The van der Waals surface area contributed by atoms with Gasteiger partial charge >= 0.3 is 0 Å². The zero-order chi connectivity index (χ0) is 9.80. The van der Waals surface area contributed by atoms with Gasteiger partial charge in [0.15, 0.2) is 12.7 Å². The second-order valence-corrected chi connectivity index (χ2v) is 2.87. The molecule has 0 unspecified atom stereocenters. The Morgan fingerprint density at radius 2 is 2.29 bits per heavy atom. The van der Waals surface area contributed by atoms with Crippen LogP contribution < -0.4 is 4.68 Å². The smallest absolute Gasteiger partial charge is 0.196 e. The van der Waals surface area contributed by atoms with E-state index in [-0.39, 0.29) is 0 Å². The zero-order valence-corrected chi connectivity index (χ0v) is 7.96. The monoisotopic (exact) mass is 187 g/mol. The van der Waals surface area contributed by atoms with Crippen LogP contribution in [0.4, 0.5) is 0 Å². The highest BCUT2D eigenvalue weighted by Gasteiger charge is 2.02. The van der Waals surface area contributed by atoms with E-state index >= 15 is 0 Å². The van der Waals surface area contributed by atoms with Gasteiger partial charge in [0.2, 0.25) is 0 Å². The lowest BCUT2D eigenvalue weighted by molar-refractivity contribution is -0.750. The van der Waals surface area contributed by atoms with Crippen LogP contribution in [-0.4, -0.2) is 15.1 Å². The molecule has 4 heteroatoms. The Labute approximate surface area is 82.3 Å². The highest BCUT2D eigenvalue weighted by atomic mass is 15.2. The second-order valence-electron chi connectivity index (χ2n) is 2.87. The van der Waals surface area contributed by atoms with Gasteiger partial charge < -0.3 is 0 Å². The summed E-state index contributed by atoms with van der Waals surface area (Å²) in [4.78, 5) is 8.01. The fraction of sp³-hybridized carbons (Fsp3) is 0.200. The molecule has 0 aliphatic rings. The molecule has 2 aromatic heterocycles.